The second-order valence-electron chi connectivity index (χ2n) is 5.87. The molecule has 3 nitrogen and oxygen atoms in total. The van der Waals surface area contributed by atoms with Gasteiger partial charge in [-0.1, -0.05) is 19.3 Å². The SMILES string of the molecule is CC(CCc1ccco1)NC1CCCCCC1CO. The van der Waals surface area contributed by atoms with E-state index in [1.54, 1.807) is 6.26 Å². The third kappa shape index (κ3) is 4.66. The summed E-state index contributed by atoms with van der Waals surface area (Å²) in [5, 5.41) is 13.2. The van der Waals surface area contributed by atoms with Crippen molar-refractivity contribution in [3.63, 3.8) is 0 Å². The molecule has 0 aromatic carbocycles. The maximum atomic E-state index is 9.52. The van der Waals surface area contributed by atoms with Crippen LogP contribution in [0.4, 0.5) is 0 Å². The fourth-order valence-corrected chi connectivity index (χ4v) is 3.08. The number of aryl methyl sites for hydroxylation is 1. The summed E-state index contributed by atoms with van der Waals surface area (Å²) >= 11 is 0. The van der Waals surface area contributed by atoms with Crippen molar-refractivity contribution in [2.75, 3.05) is 6.61 Å². The van der Waals surface area contributed by atoms with Crippen molar-refractivity contribution in [2.24, 2.45) is 5.92 Å². The number of aliphatic hydroxyl groups is 1. The van der Waals surface area contributed by atoms with E-state index in [1.165, 1.54) is 32.1 Å². The molecule has 1 fully saturated rings. The van der Waals surface area contributed by atoms with Crippen molar-refractivity contribution in [1.82, 2.24) is 5.32 Å². The molecule has 3 unspecified atom stereocenters. The minimum Gasteiger partial charge on any atom is -0.469 e. The highest BCUT2D eigenvalue weighted by atomic mass is 16.3. The molecule has 1 saturated carbocycles. The largest absolute Gasteiger partial charge is 0.469 e. The van der Waals surface area contributed by atoms with Crippen LogP contribution in [-0.4, -0.2) is 23.8 Å². The van der Waals surface area contributed by atoms with Crippen molar-refractivity contribution in [3.05, 3.63) is 24.2 Å². The van der Waals surface area contributed by atoms with E-state index >= 15 is 0 Å². The average molecular weight is 265 g/mol. The van der Waals surface area contributed by atoms with Crippen LogP contribution in [0.5, 0.6) is 0 Å². The molecule has 0 amide bonds. The van der Waals surface area contributed by atoms with E-state index in [4.69, 9.17) is 4.42 Å². The maximum absolute atomic E-state index is 9.52. The van der Waals surface area contributed by atoms with Gasteiger partial charge in [0.1, 0.15) is 5.76 Å². The molecule has 3 atom stereocenters. The van der Waals surface area contributed by atoms with Crippen molar-refractivity contribution in [1.29, 1.82) is 0 Å². The number of hydrogen-bond acceptors (Lipinski definition) is 3. The van der Waals surface area contributed by atoms with E-state index in [9.17, 15) is 5.11 Å². The van der Waals surface area contributed by atoms with Crippen molar-refractivity contribution in [3.8, 4) is 0 Å². The standard InChI is InChI=1S/C16H27NO2/c1-13(9-10-15-7-5-11-19-15)17-16-8-4-2-3-6-14(16)12-18/h5,7,11,13-14,16-18H,2-4,6,8-10,12H2,1H3. The third-order valence-corrected chi connectivity index (χ3v) is 4.30. The predicted octanol–water partition coefficient (Wildman–Crippen LogP) is 3.13. The fourth-order valence-electron chi connectivity index (χ4n) is 3.08. The Kier molecular flexibility index (Phi) is 5.93. The molecular weight excluding hydrogens is 238 g/mol. The smallest absolute Gasteiger partial charge is 0.103 e. The van der Waals surface area contributed by atoms with E-state index in [1.807, 2.05) is 12.1 Å². The van der Waals surface area contributed by atoms with Crippen LogP contribution in [0.15, 0.2) is 22.8 Å². The molecule has 19 heavy (non-hydrogen) atoms. The molecule has 1 aromatic rings. The zero-order valence-electron chi connectivity index (χ0n) is 12.0. The first-order chi connectivity index (χ1) is 9.29. The van der Waals surface area contributed by atoms with Gasteiger partial charge in [-0.25, -0.2) is 0 Å². The lowest BCUT2D eigenvalue weighted by Gasteiger charge is -2.28. The molecule has 1 heterocycles. The van der Waals surface area contributed by atoms with Crippen LogP contribution in [0.25, 0.3) is 0 Å². The lowest BCUT2D eigenvalue weighted by atomic mass is 9.94. The van der Waals surface area contributed by atoms with Gasteiger partial charge in [0.05, 0.1) is 6.26 Å². The van der Waals surface area contributed by atoms with E-state index in [0.29, 0.717) is 24.6 Å². The van der Waals surface area contributed by atoms with Crippen LogP contribution in [0.3, 0.4) is 0 Å². The van der Waals surface area contributed by atoms with Gasteiger partial charge in [0.2, 0.25) is 0 Å². The minimum absolute atomic E-state index is 0.322. The van der Waals surface area contributed by atoms with E-state index in [0.717, 1.165) is 18.6 Å². The summed E-state index contributed by atoms with van der Waals surface area (Å²) in [6, 6.07) is 4.94. The molecule has 0 radical (unpaired) electrons. The van der Waals surface area contributed by atoms with Gasteiger partial charge >= 0.3 is 0 Å². The summed E-state index contributed by atoms with van der Waals surface area (Å²) in [5.41, 5.74) is 0. The quantitative estimate of drug-likeness (QED) is 0.777. The third-order valence-electron chi connectivity index (χ3n) is 4.30. The van der Waals surface area contributed by atoms with Crippen molar-refractivity contribution < 1.29 is 9.52 Å². The fraction of sp³-hybridized carbons (Fsp3) is 0.750. The lowest BCUT2D eigenvalue weighted by molar-refractivity contribution is 0.174. The first kappa shape index (κ1) is 14.6. The topological polar surface area (TPSA) is 45.4 Å². The Hall–Kier alpha value is -0.800. The summed E-state index contributed by atoms with van der Waals surface area (Å²) < 4.78 is 5.37. The van der Waals surface area contributed by atoms with Crippen LogP contribution in [0.1, 0.15) is 51.2 Å². The molecular formula is C16H27NO2. The second-order valence-corrected chi connectivity index (χ2v) is 5.87. The van der Waals surface area contributed by atoms with Crippen molar-refractivity contribution in [2.45, 2.75) is 64.0 Å². The monoisotopic (exact) mass is 265 g/mol. The van der Waals surface area contributed by atoms with E-state index in [-0.39, 0.29) is 0 Å². The zero-order valence-corrected chi connectivity index (χ0v) is 12.0. The van der Waals surface area contributed by atoms with Crippen LogP contribution in [0.2, 0.25) is 0 Å². The number of nitrogens with one attached hydrogen (secondary N) is 1. The summed E-state index contributed by atoms with van der Waals surface area (Å²) in [6.07, 6.45) is 10.1. The highest BCUT2D eigenvalue weighted by Crippen LogP contribution is 2.23. The van der Waals surface area contributed by atoms with Crippen LogP contribution in [-0.2, 0) is 6.42 Å². The molecule has 108 valence electrons. The summed E-state index contributed by atoms with van der Waals surface area (Å²) in [5.74, 6) is 1.50. The summed E-state index contributed by atoms with van der Waals surface area (Å²) in [4.78, 5) is 0. The Morgan fingerprint density at radius 3 is 2.95 bits per heavy atom. The van der Waals surface area contributed by atoms with Gasteiger partial charge in [0.15, 0.2) is 0 Å². The first-order valence-electron chi connectivity index (χ1n) is 7.69. The minimum atomic E-state index is 0.322. The molecule has 0 aliphatic heterocycles. The Balaban J connectivity index is 1.77. The van der Waals surface area contributed by atoms with E-state index < -0.39 is 0 Å². The first-order valence-corrected chi connectivity index (χ1v) is 7.69. The Morgan fingerprint density at radius 2 is 2.21 bits per heavy atom. The van der Waals surface area contributed by atoms with Gasteiger partial charge in [-0.05, 0) is 44.2 Å². The normalized spacial score (nSPS) is 26.0. The van der Waals surface area contributed by atoms with Gasteiger partial charge in [0, 0.05) is 25.1 Å². The average Bonchev–Trinajstić information content (AvgIpc) is 2.83. The molecule has 0 saturated heterocycles. The van der Waals surface area contributed by atoms with Crippen molar-refractivity contribution >= 4 is 0 Å². The van der Waals surface area contributed by atoms with Crippen LogP contribution >= 0.6 is 0 Å². The van der Waals surface area contributed by atoms with Gasteiger partial charge in [-0.2, -0.15) is 0 Å². The lowest BCUT2D eigenvalue weighted by Crippen LogP contribution is -2.42. The molecule has 0 spiro atoms. The second kappa shape index (κ2) is 7.71. The molecule has 1 aliphatic rings. The predicted molar refractivity (Wildman–Crippen MR) is 77.1 cm³/mol. The Labute approximate surface area is 116 Å². The van der Waals surface area contributed by atoms with Gasteiger partial charge in [-0.15, -0.1) is 0 Å². The molecule has 0 bridgehead atoms. The van der Waals surface area contributed by atoms with E-state index in [2.05, 4.69) is 12.2 Å². The van der Waals surface area contributed by atoms with Crippen LogP contribution < -0.4 is 5.32 Å². The highest BCUT2D eigenvalue weighted by Gasteiger charge is 2.24. The summed E-state index contributed by atoms with van der Waals surface area (Å²) in [7, 11) is 0. The number of rotatable bonds is 6. The number of hydrogen-bond donors (Lipinski definition) is 2. The zero-order chi connectivity index (χ0) is 13.5. The Morgan fingerprint density at radius 1 is 1.37 bits per heavy atom. The van der Waals surface area contributed by atoms with Gasteiger partial charge < -0.3 is 14.8 Å². The molecule has 2 N–H and O–H groups in total. The van der Waals surface area contributed by atoms with Gasteiger partial charge in [-0.3, -0.25) is 0 Å². The summed E-state index contributed by atoms with van der Waals surface area (Å²) in [6.45, 7) is 2.56. The Bertz CT molecular complexity index is 337. The maximum Gasteiger partial charge on any atom is 0.103 e. The molecule has 1 aromatic heterocycles. The van der Waals surface area contributed by atoms with Crippen LogP contribution in [0, 0.1) is 5.92 Å². The number of aliphatic hydroxyl groups excluding tert-OH is 1. The highest BCUT2D eigenvalue weighted by molar-refractivity contribution is 4.98. The molecule has 2 rings (SSSR count). The molecule has 3 heteroatoms. The molecule has 1 aliphatic carbocycles. The number of furan rings is 1. The van der Waals surface area contributed by atoms with Gasteiger partial charge in [0.25, 0.3) is 0 Å².